The highest BCUT2D eigenvalue weighted by molar-refractivity contribution is 9.10. The van der Waals surface area contributed by atoms with E-state index in [1.807, 2.05) is 22.9 Å². The summed E-state index contributed by atoms with van der Waals surface area (Å²) < 4.78 is 2.94. The first kappa shape index (κ1) is 12.7. The molecule has 106 valence electrons. The topological polar surface area (TPSA) is 68.5 Å². The van der Waals surface area contributed by atoms with Gasteiger partial charge >= 0.3 is 0 Å². The first-order valence-corrected chi connectivity index (χ1v) is 7.63. The molecule has 0 amide bonds. The molecule has 0 saturated heterocycles. The lowest BCUT2D eigenvalue weighted by molar-refractivity contribution is 0.441. The Morgan fingerprint density at radius 3 is 3.10 bits per heavy atom. The van der Waals surface area contributed by atoms with Gasteiger partial charge in [0.1, 0.15) is 24.3 Å². The third-order valence-electron chi connectivity index (χ3n) is 3.76. The summed E-state index contributed by atoms with van der Waals surface area (Å²) in [7, 11) is 0. The summed E-state index contributed by atoms with van der Waals surface area (Å²) in [6.45, 7) is 0.814. The number of nitrogens with one attached hydrogen (secondary N) is 1. The Morgan fingerprint density at radius 2 is 2.14 bits per heavy atom. The van der Waals surface area contributed by atoms with Crippen LogP contribution in [0.3, 0.4) is 0 Å². The fourth-order valence-corrected chi connectivity index (χ4v) is 3.18. The van der Waals surface area contributed by atoms with Gasteiger partial charge in [-0.1, -0.05) is 6.07 Å². The smallest absolute Gasteiger partial charge is 0.138 e. The summed E-state index contributed by atoms with van der Waals surface area (Å²) in [6, 6.07) is 6.32. The number of hydrogen-bond acceptors (Lipinski definition) is 5. The first-order chi connectivity index (χ1) is 10.3. The van der Waals surface area contributed by atoms with E-state index in [2.05, 4.69) is 41.3 Å². The molecule has 3 heterocycles. The van der Waals surface area contributed by atoms with Crippen molar-refractivity contribution in [2.45, 2.75) is 25.4 Å². The Balaban J connectivity index is 1.65. The molecule has 2 aromatic heterocycles. The molecule has 1 aromatic carbocycles. The zero-order valence-electron chi connectivity index (χ0n) is 11.2. The maximum atomic E-state index is 4.40. The fraction of sp³-hybridized carbons (Fsp3) is 0.286. The Morgan fingerprint density at radius 1 is 1.19 bits per heavy atom. The zero-order chi connectivity index (χ0) is 14.2. The minimum absolute atomic E-state index is 0.302. The highest BCUT2D eigenvalue weighted by Gasteiger charge is 2.20. The largest absolute Gasteiger partial charge is 0.365 e. The van der Waals surface area contributed by atoms with Gasteiger partial charge in [-0.2, -0.15) is 5.10 Å². The Bertz CT molecular complexity index is 799. The van der Waals surface area contributed by atoms with Crippen LogP contribution in [0.1, 0.15) is 12.2 Å². The van der Waals surface area contributed by atoms with Crippen LogP contribution in [-0.2, 0) is 13.0 Å². The van der Waals surface area contributed by atoms with Gasteiger partial charge in [0.2, 0.25) is 0 Å². The van der Waals surface area contributed by atoms with E-state index in [-0.39, 0.29) is 0 Å². The van der Waals surface area contributed by atoms with Crippen molar-refractivity contribution in [2.24, 2.45) is 0 Å². The van der Waals surface area contributed by atoms with Crippen molar-refractivity contribution in [2.75, 3.05) is 5.32 Å². The van der Waals surface area contributed by atoms with Gasteiger partial charge in [0, 0.05) is 22.3 Å². The number of para-hydroxylation sites is 1. The monoisotopic (exact) mass is 344 g/mol. The van der Waals surface area contributed by atoms with Crippen molar-refractivity contribution in [3.05, 3.63) is 41.2 Å². The van der Waals surface area contributed by atoms with Crippen molar-refractivity contribution < 1.29 is 0 Å². The van der Waals surface area contributed by atoms with E-state index in [1.165, 1.54) is 0 Å². The number of aromatic nitrogens is 5. The molecular weight excluding hydrogens is 332 g/mol. The number of halogens is 1. The highest BCUT2D eigenvalue weighted by Crippen LogP contribution is 2.27. The second kappa shape index (κ2) is 5.07. The van der Waals surface area contributed by atoms with Crippen LogP contribution < -0.4 is 5.32 Å². The molecule has 21 heavy (non-hydrogen) atoms. The lowest BCUT2D eigenvalue weighted by atomic mass is 10.1. The van der Waals surface area contributed by atoms with E-state index in [0.717, 1.165) is 46.4 Å². The van der Waals surface area contributed by atoms with Gasteiger partial charge in [0.15, 0.2) is 0 Å². The van der Waals surface area contributed by atoms with Gasteiger partial charge in [-0.05, 0) is 34.5 Å². The lowest BCUT2D eigenvalue weighted by Gasteiger charge is -2.24. The molecular formula is C14H13BrN6. The van der Waals surface area contributed by atoms with Gasteiger partial charge in [0.25, 0.3) is 0 Å². The second-order valence-electron chi connectivity index (χ2n) is 5.10. The Hall–Kier alpha value is -2.02. The summed E-state index contributed by atoms with van der Waals surface area (Å²) in [6.07, 6.45) is 5.18. The lowest BCUT2D eigenvalue weighted by Crippen LogP contribution is -2.32. The van der Waals surface area contributed by atoms with Crippen LogP contribution in [-0.4, -0.2) is 30.8 Å². The van der Waals surface area contributed by atoms with Crippen molar-refractivity contribution in [1.29, 1.82) is 0 Å². The van der Waals surface area contributed by atoms with Crippen LogP contribution in [0.4, 0.5) is 5.82 Å². The fourth-order valence-electron chi connectivity index (χ4n) is 2.72. The van der Waals surface area contributed by atoms with Crippen molar-refractivity contribution in [3.8, 4) is 0 Å². The van der Waals surface area contributed by atoms with E-state index in [1.54, 1.807) is 12.7 Å². The minimum atomic E-state index is 0.302. The number of rotatable bonds is 2. The minimum Gasteiger partial charge on any atom is -0.365 e. The number of hydrogen-bond donors (Lipinski definition) is 1. The quantitative estimate of drug-likeness (QED) is 0.773. The molecule has 0 radical (unpaired) electrons. The molecule has 0 saturated carbocycles. The van der Waals surface area contributed by atoms with Crippen LogP contribution in [0.2, 0.25) is 0 Å². The molecule has 6 nitrogen and oxygen atoms in total. The number of benzene rings is 1. The van der Waals surface area contributed by atoms with Gasteiger partial charge in [0.05, 0.1) is 12.1 Å². The van der Waals surface area contributed by atoms with Crippen molar-refractivity contribution in [3.63, 3.8) is 0 Å². The Kier molecular flexibility index (Phi) is 3.07. The Labute approximate surface area is 129 Å². The summed E-state index contributed by atoms with van der Waals surface area (Å²) in [5, 5.41) is 8.80. The average Bonchev–Trinajstić information content (AvgIpc) is 2.96. The van der Waals surface area contributed by atoms with Crippen LogP contribution in [0.25, 0.3) is 10.9 Å². The van der Waals surface area contributed by atoms with Crippen LogP contribution in [0.15, 0.2) is 35.3 Å². The second-order valence-corrected chi connectivity index (χ2v) is 5.95. The predicted octanol–water partition coefficient (Wildman–Crippen LogP) is 2.41. The van der Waals surface area contributed by atoms with Crippen LogP contribution >= 0.6 is 15.9 Å². The SMILES string of the molecule is Brc1cccc2c(N[C@@H]3CCc4ncnn4C3)ncnc12. The van der Waals surface area contributed by atoms with Gasteiger partial charge in [-0.15, -0.1) is 0 Å². The average molecular weight is 345 g/mol. The van der Waals surface area contributed by atoms with Gasteiger partial charge in [-0.25, -0.2) is 19.6 Å². The molecule has 1 aliphatic rings. The molecule has 1 N–H and O–H groups in total. The molecule has 0 fully saturated rings. The first-order valence-electron chi connectivity index (χ1n) is 6.84. The van der Waals surface area contributed by atoms with E-state index < -0.39 is 0 Å². The van der Waals surface area contributed by atoms with E-state index in [0.29, 0.717) is 6.04 Å². The zero-order valence-corrected chi connectivity index (χ0v) is 12.8. The number of fused-ring (bicyclic) bond motifs is 2. The van der Waals surface area contributed by atoms with Gasteiger partial charge < -0.3 is 5.32 Å². The summed E-state index contributed by atoms with van der Waals surface area (Å²) in [5.41, 5.74) is 0.923. The van der Waals surface area contributed by atoms with Crippen molar-refractivity contribution >= 4 is 32.7 Å². The number of aryl methyl sites for hydroxylation is 1. The molecule has 0 spiro atoms. The maximum Gasteiger partial charge on any atom is 0.138 e. The molecule has 1 atom stereocenters. The normalized spacial score (nSPS) is 17.7. The van der Waals surface area contributed by atoms with Crippen molar-refractivity contribution in [1.82, 2.24) is 24.7 Å². The van der Waals surface area contributed by atoms with Crippen LogP contribution in [0.5, 0.6) is 0 Å². The number of nitrogens with zero attached hydrogens (tertiary/aromatic N) is 5. The third-order valence-corrected chi connectivity index (χ3v) is 4.40. The third kappa shape index (κ3) is 2.27. The molecule has 0 aliphatic carbocycles. The van der Waals surface area contributed by atoms with Gasteiger partial charge in [-0.3, -0.25) is 0 Å². The molecule has 0 unspecified atom stereocenters. The number of anilines is 1. The maximum absolute atomic E-state index is 4.40. The molecule has 3 aromatic rings. The van der Waals surface area contributed by atoms with E-state index >= 15 is 0 Å². The summed E-state index contributed by atoms with van der Waals surface area (Å²) in [4.78, 5) is 13.0. The molecule has 1 aliphatic heterocycles. The summed E-state index contributed by atoms with van der Waals surface area (Å²) >= 11 is 3.53. The standard InChI is InChI=1S/C14H13BrN6/c15-11-3-1-2-10-13(11)17-7-18-14(10)20-9-4-5-12-16-8-19-21(12)6-9/h1-3,7-9H,4-6H2,(H,17,18,20)/t9-/m1/s1. The molecule has 4 rings (SSSR count). The molecule has 7 heteroatoms. The molecule has 0 bridgehead atoms. The van der Waals surface area contributed by atoms with E-state index in [4.69, 9.17) is 0 Å². The van der Waals surface area contributed by atoms with E-state index in [9.17, 15) is 0 Å². The predicted molar refractivity (Wildman–Crippen MR) is 83.0 cm³/mol. The van der Waals surface area contributed by atoms with Crippen LogP contribution in [0, 0.1) is 0 Å². The highest BCUT2D eigenvalue weighted by atomic mass is 79.9. The summed E-state index contributed by atoms with van der Waals surface area (Å²) in [5.74, 6) is 1.93.